The van der Waals surface area contributed by atoms with Crippen molar-refractivity contribution < 1.29 is 4.74 Å². The van der Waals surface area contributed by atoms with Crippen molar-refractivity contribution in [1.82, 2.24) is 14.9 Å². The number of aryl methyl sites for hydroxylation is 2. The lowest BCUT2D eigenvalue weighted by Crippen LogP contribution is -2.22. The van der Waals surface area contributed by atoms with Crippen LogP contribution in [0.1, 0.15) is 22.7 Å². The quantitative estimate of drug-likeness (QED) is 0.939. The summed E-state index contributed by atoms with van der Waals surface area (Å²) in [6, 6.07) is 0. The summed E-state index contributed by atoms with van der Waals surface area (Å²) in [6.45, 7) is 7.94. The maximum Gasteiger partial charge on any atom is 0.146 e. The number of nitrogens with two attached hydrogens (primary N) is 1. The summed E-state index contributed by atoms with van der Waals surface area (Å²) in [5, 5.41) is 1.03. The predicted octanol–water partition coefficient (Wildman–Crippen LogP) is 2.36. The van der Waals surface area contributed by atoms with E-state index in [1.807, 2.05) is 0 Å². The lowest BCUT2D eigenvalue weighted by atomic mass is 10.1. The van der Waals surface area contributed by atoms with Gasteiger partial charge in [0.1, 0.15) is 16.5 Å². The number of methoxy groups -OCH3 is 1. The highest BCUT2D eigenvalue weighted by Gasteiger charge is 2.23. The Bertz CT molecular complexity index is 655. The number of aromatic nitrogens is 2. The van der Waals surface area contributed by atoms with Gasteiger partial charge in [-0.05, 0) is 38.3 Å². The zero-order valence-corrected chi connectivity index (χ0v) is 13.7. The summed E-state index contributed by atoms with van der Waals surface area (Å²) in [5.74, 6) is 2.08. The fourth-order valence-electron chi connectivity index (χ4n) is 3.03. The maximum atomic E-state index is 6.14. The Morgan fingerprint density at radius 1 is 1.38 bits per heavy atom. The molecule has 5 nitrogen and oxygen atoms in total. The van der Waals surface area contributed by atoms with Gasteiger partial charge < -0.3 is 10.5 Å². The molecule has 0 aliphatic carbocycles. The second-order valence-corrected chi connectivity index (χ2v) is 7.04. The van der Waals surface area contributed by atoms with Crippen LogP contribution in [-0.2, 0) is 11.3 Å². The van der Waals surface area contributed by atoms with Gasteiger partial charge in [-0.25, -0.2) is 9.97 Å². The first-order valence-electron chi connectivity index (χ1n) is 7.32. The van der Waals surface area contributed by atoms with Crippen LogP contribution in [0.25, 0.3) is 10.2 Å². The summed E-state index contributed by atoms with van der Waals surface area (Å²) >= 11 is 1.70. The van der Waals surface area contributed by atoms with E-state index in [0.29, 0.717) is 11.7 Å². The molecule has 2 N–H and O–H groups in total. The number of nitrogens with zero attached hydrogens (tertiary/aromatic N) is 3. The Labute approximate surface area is 129 Å². The highest BCUT2D eigenvalue weighted by Crippen LogP contribution is 2.32. The minimum absolute atomic E-state index is 0.615. The molecule has 0 saturated carbocycles. The third kappa shape index (κ3) is 2.88. The maximum absolute atomic E-state index is 6.14. The van der Waals surface area contributed by atoms with Gasteiger partial charge in [-0.1, -0.05) is 0 Å². The first-order valence-corrected chi connectivity index (χ1v) is 8.13. The van der Waals surface area contributed by atoms with Crippen LogP contribution in [0.15, 0.2) is 0 Å². The molecule has 1 saturated heterocycles. The Balaban J connectivity index is 1.79. The largest absolute Gasteiger partial charge is 0.384 e. The van der Waals surface area contributed by atoms with Crippen molar-refractivity contribution in [3.63, 3.8) is 0 Å². The molecule has 1 atom stereocenters. The van der Waals surface area contributed by atoms with Crippen LogP contribution >= 0.6 is 11.3 Å². The molecule has 21 heavy (non-hydrogen) atoms. The molecule has 2 aromatic rings. The van der Waals surface area contributed by atoms with Crippen molar-refractivity contribution in [1.29, 1.82) is 0 Å². The molecule has 3 heterocycles. The van der Waals surface area contributed by atoms with E-state index in [1.54, 1.807) is 18.4 Å². The first-order chi connectivity index (χ1) is 10.1. The molecular formula is C15H22N4OS. The van der Waals surface area contributed by atoms with E-state index in [9.17, 15) is 0 Å². The standard InChI is InChI=1S/C15H22N4OS/c1-9-10(2)21-15-13(9)14(16)17-12(18-15)7-19-5-4-11(6-19)8-20-3/h11H,4-8H2,1-3H3,(H2,16,17,18). The zero-order chi connectivity index (χ0) is 15.0. The van der Waals surface area contributed by atoms with Crippen molar-refractivity contribution >= 4 is 27.4 Å². The molecule has 0 radical (unpaired) electrons. The van der Waals surface area contributed by atoms with Gasteiger partial charge in [-0.2, -0.15) is 0 Å². The number of rotatable bonds is 4. The van der Waals surface area contributed by atoms with Crippen LogP contribution in [0.4, 0.5) is 5.82 Å². The lowest BCUT2D eigenvalue weighted by Gasteiger charge is -2.15. The van der Waals surface area contributed by atoms with Crippen LogP contribution < -0.4 is 5.73 Å². The summed E-state index contributed by atoms with van der Waals surface area (Å²) in [6.07, 6.45) is 1.18. The van der Waals surface area contributed by atoms with Gasteiger partial charge in [-0.15, -0.1) is 11.3 Å². The Kier molecular flexibility index (Phi) is 4.10. The molecule has 1 unspecified atom stereocenters. The van der Waals surface area contributed by atoms with Crippen molar-refractivity contribution in [2.45, 2.75) is 26.8 Å². The van der Waals surface area contributed by atoms with E-state index in [2.05, 4.69) is 23.7 Å². The van der Waals surface area contributed by atoms with Gasteiger partial charge in [0, 0.05) is 18.5 Å². The van der Waals surface area contributed by atoms with Gasteiger partial charge >= 0.3 is 0 Å². The average molecular weight is 306 g/mol. The number of nitrogen functional groups attached to an aromatic ring is 1. The van der Waals surface area contributed by atoms with Gasteiger partial charge in [-0.3, -0.25) is 4.90 Å². The van der Waals surface area contributed by atoms with E-state index < -0.39 is 0 Å². The monoisotopic (exact) mass is 306 g/mol. The van der Waals surface area contributed by atoms with Gasteiger partial charge in [0.25, 0.3) is 0 Å². The molecule has 0 aromatic carbocycles. The van der Waals surface area contributed by atoms with Crippen molar-refractivity contribution in [3.05, 3.63) is 16.3 Å². The topological polar surface area (TPSA) is 64.3 Å². The molecule has 2 aromatic heterocycles. The summed E-state index contributed by atoms with van der Waals surface area (Å²) in [4.78, 5) is 13.9. The van der Waals surface area contributed by atoms with E-state index in [1.165, 1.54) is 16.9 Å². The van der Waals surface area contributed by atoms with E-state index in [0.717, 1.165) is 42.3 Å². The highest BCUT2D eigenvalue weighted by molar-refractivity contribution is 7.18. The summed E-state index contributed by atoms with van der Waals surface area (Å²) in [5.41, 5.74) is 7.35. The summed E-state index contributed by atoms with van der Waals surface area (Å²) < 4.78 is 5.24. The fourth-order valence-corrected chi connectivity index (χ4v) is 4.08. The van der Waals surface area contributed by atoms with Gasteiger partial charge in [0.2, 0.25) is 0 Å². The molecular weight excluding hydrogens is 284 g/mol. The highest BCUT2D eigenvalue weighted by atomic mass is 32.1. The second kappa shape index (κ2) is 5.87. The van der Waals surface area contributed by atoms with E-state index in [4.69, 9.17) is 15.5 Å². The van der Waals surface area contributed by atoms with Crippen LogP contribution in [0.5, 0.6) is 0 Å². The summed E-state index contributed by atoms with van der Waals surface area (Å²) in [7, 11) is 1.77. The molecule has 0 spiro atoms. The normalized spacial score (nSPS) is 19.7. The molecule has 1 aliphatic rings. The van der Waals surface area contributed by atoms with E-state index >= 15 is 0 Å². The minimum Gasteiger partial charge on any atom is -0.384 e. The van der Waals surface area contributed by atoms with Gasteiger partial charge in [0.05, 0.1) is 18.5 Å². The fraction of sp³-hybridized carbons (Fsp3) is 0.600. The van der Waals surface area contributed by atoms with Crippen LogP contribution in [-0.4, -0.2) is 41.7 Å². The molecule has 1 fully saturated rings. The third-order valence-electron chi connectivity index (χ3n) is 4.24. The Morgan fingerprint density at radius 2 is 2.19 bits per heavy atom. The van der Waals surface area contributed by atoms with E-state index in [-0.39, 0.29) is 0 Å². The second-order valence-electron chi connectivity index (χ2n) is 5.83. The molecule has 0 bridgehead atoms. The van der Waals surface area contributed by atoms with Crippen molar-refractivity contribution in [3.8, 4) is 0 Å². The number of ether oxygens (including phenoxy) is 1. The smallest absolute Gasteiger partial charge is 0.146 e. The third-order valence-corrected chi connectivity index (χ3v) is 5.34. The van der Waals surface area contributed by atoms with Crippen LogP contribution in [0, 0.1) is 19.8 Å². The lowest BCUT2D eigenvalue weighted by molar-refractivity contribution is 0.152. The van der Waals surface area contributed by atoms with Gasteiger partial charge in [0.15, 0.2) is 0 Å². The Hall–Kier alpha value is -1.24. The number of hydrogen-bond acceptors (Lipinski definition) is 6. The Morgan fingerprint density at radius 3 is 2.95 bits per heavy atom. The molecule has 114 valence electrons. The minimum atomic E-state index is 0.615. The van der Waals surface area contributed by atoms with Crippen molar-refractivity contribution in [2.75, 3.05) is 32.5 Å². The van der Waals surface area contributed by atoms with Crippen LogP contribution in [0.3, 0.4) is 0 Å². The number of likely N-dealkylation sites (tertiary alicyclic amines) is 1. The first kappa shape index (κ1) is 14.7. The number of thiophene rings is 1. The predicted molar refractivity (Wildman–Crippen MR) is 86.6 cm³/mol. The SMILES string of the molecule is COCC1CCN(Cc2nc(N)c3c(C)c(C)sc3n2)C1. The average Bonchev–Trinajstić information content (AvgIpc) is 2.96. The number of anilines is 1. The zero-order valence-electron chi connectivity index (χ0n) is 12.8. The molecule has 6 heteroatoms. The number of fused-ring (bicyclic) bond motifs is 1. The number of hydrogen-bond donors (Lipinski definition) is 1. The van der Waals surface area contributed by atoms with Crippen molar-refractivity contribution in [2.24, 2.45) is 5.92 Å². The molecule has 0 amide bonds. The van der Waals surface area contributed by atoms with Crippen LogP contribution in [0.2, 0.25) is 0 Å². The molecule has 3 rings (SSSR count). The molecule has 1 aliphatic heterocycles.